The van der Waals surface area contributed by atoms with Gasteiger partial charge >= 0.3 is 0 Å². The zero-order valence-corrected chi connectivity index (χ0v) is 14.4. The molecule has 0 bridgehead atoms. The molecule has 2 aromatic rings. The Bertz CT molecular complexity index is 849. The summed E-state index contributed by atoms with van der Waals surface area (Å²) in [6.45, 7) is 0. The highest BCUT2D eigenvalue weighted by molar-refractivity contribution is 7.90. The van der Waals surface area contributed by atoms with Crippen LogP contribution < -0.4 is 0 Å². The fourth-order valence-electron chi connectivity index (χ4n) is 3.27. The molecule has 1 aromatic carbocycles. The molecule has 3 rings (SSSR count). The Morgan fingerprint density at radius 2 is 2.00 bits per heavy atom. The van der Waals surface area contributed by atoms with Crippen molar-refractivity contribution in [2.24, 2.45) is 5.92 Å². The van der Waals surface area contributed by atoms with Gasteiger partial charge in [-0.2, -0.15) is 5.10 Å². The topological polar surface area (TPSA) is 52.0 Å². The molecule has 1 heterocycles. The highest BCUT2D eigenvalue weighted by atomic mass is 32.2. The van der Waals surface area contributed by atoms with E-state index in [1.54, 1.807) is 12.1 Å². The van der Waals surface area contributed by atoms with E-state index in [2.05, 4.69) is 5.10 Å². The number of hydrogen-bond acceptors (Lipinski definition) is 3. The van der Waals surface area contributed by atoms with E-state index in [-0.39, 0.29) is 35.7 Å². The molecule has 1 aliphatic carbocycles. The molecule has 1 saturated carbocycles. The van der Waals surface area contributed by atoms with Crippen LogP contribution in [0.2, 0.25) is 0 Å². The lowest BCUT2D eigenvalue weighted by molar-refractivity contribution is -0.0489. The first-order valence-electron chi connectivity index (χ1n) is 8.12. The van der Waals surface area contributed by atoms with Crippen molar-refractivity contribution in [3.63, 3.8) is 0 Å². The predicted molar refractivity (Wildman–Crippen MR) is 87.9 cm³/mol. The molecule has 0 spiro atoms. The summed E-state index contributed by atoms with van der Waals surface area (Å²) in [5, 5.41) is 4.10. The second-order valence-corrected chi connectivity index (χ2v) is 8.69. The van der Waals surface area contributed by atoms with Crippen LogP contribution in [0.1, 0.15) is 31.4 Å². The SMILES string of the molecule is O=S(=O)(Cc1ccn(-c2ccccc2F)n1)CC1CCCC(F)(F)C1. The lowest BCUT2D eigenvalue weighted by atomic mass is 9.88. The number of nitrogens with zero attached hydrogens (tertiary/aromatic N) is 2. The van der Waals surface area contributed by atoms with Gasteiger partial charge in [0.15, 0.2) is 9.84 Å². The Morgan fingerprint density at radius 1 is 1.24 bits per heavy atom. The van der Waals surface area contributed by atoms with Crippen LogP contribution in [0.25, 0.3) is 5.69 Å². The van der Waals surface area contributed by atoms with E-state index in [1.807, 2.05) is 0 Å². The Hall–Kier alpha value is -1.83. The molecule has 1 fully saturated rings. The molecular weight excluding hydrogens is 353 g/mol. The van der Waals surface area contributed by atoms with Gasteiger partial charge in [-0.15, -0.1) is 0 Å². The van der Waals surface area contributed by atoms with Gasteiger partial charge in [0.25, 0.3) is 0 Å². The first kappa shape index (κ1) is 18.0. The average molecular weight is 372 g/mol. The number of sulfone groups is 1. The summed E-state index contributed by atoms with van der Waals surface area (Å²) < 4.78 is 66.6. The normalized spacial score (nSPS) is 20.5. The van der Waals surface area contributed by atoms with E-state index >= 15 is 0 Å². The lowest BCUT2D eigenvalue weighted by Gasteiger charge is -2.28. The third kappa shape index (κ3) is 4.62. The monoisotopic (exact) mass is 372 g/mol. The van der Waals surface area contributed by atoms with Crippen LogP contribution in [0.5, 0.6) is 0 Å². The van der Waals surface area contributed by atoms with Gasteiger partial charge in [0.2, 0.25) is 5.92 Å². The maximum atomic E-state index is 13.8. The maximum Gasteiger partial charge on any atom is 0.248 e. The van der Waals surface area contributed by atoms with Crippen molar-refractivity contribution in [3.8, 4) is 5.69 Å². The molecule has 0 radical (unpaired) electrons. The van der Waals surface area contributed by atoms with Gasteiger partial charge in [0.05, 0.1) is 17.2 Å². The van der Waals surface area contributed by atoms with Crippen LogP contribution in [-0.2, 0) is 15.6 Å². The van der Waals surface area contributed by atoms with E-state index in [9.17, 15) is 21.6 Å². The summed E-state index contributed by atoms with van der Waals surface area (Å²) in [5.74, 6) is -4.37. The molecule has 0 saturated heterocycles. The van der Waals surface area contributed by atoms with Crippen LogP contribution >= 0.6 is 0 Å². The molecule has 0 amide bonds. The van der Waals surface area contributed by atoms with Gasteiger partial charge in [0, 0.05) is 19.0 Å². The zero-order chi connectivity index (χ0) is 18.1. The summed E-state index contributed by atoms with van der Waals surface area (Å²) in [4.78, 5) is 0. The molecule has 0 aliphatic heterocycles. The summed E-state index contributed by atoms with van der Waals surface area (Å²) >= 11 is 0. The minimum Gasteiger partial charge on any atom is -0.238 e. The minimum atomic E-state index is -3.57. The first-order valence-corrected chi connectivity index (χ1v) is 9.94. The Balaban J connectivity index is 1.69. The summed E-state index contributed by atoms with van der Waals surface area (Å²) in [5.41, 5.74) is 0.490. The van der Waals surface area contributed by atoms with E-state index in [0.717, 1.165) is 0 Å². The molecule has 136 valence electrons. The molecule has 1 unspecified atom stereocenters. The second-order valence-electron chi connectivity index (χ2n) is 6.58. The fourth-order valence-corrected chi connectivity index (χ4v) is 5.00. The van der Waals surface area contributed by atoms with Gasteiger partial charge in [-0.1, -0.05) is 12.1 Å². The largest absolute Gasteiger partial charge is 0.248 e. The molecule has 8 heteroatoms. The smallest absolute Gasteiger partial charge is 0.238 e. The Morgan fingerprint density at radius 3 is 2.72 bits per heavy atom. The Kier molecular flexibility index (Phi) is 4.90. The van der Waals surface area contributed by atoms with Crippen LogP contribution in [0.3, 0.4) is 0 Å². The number of hydrogen-bond donors (Lipinski definition) is 0. The van der Waals surface area contributed by atoms with Crippen molar-refractivity contribution in [1.29, 1.82) is 0 Å². The van der Waals surface area contributed by atoms with E-state index in [1.165, 1.54) is 29.1 Å². The van der Waals surface area contributed by atoms with Crippen LogP contribution in [0.4, 0.5) is 13.2 Å². The summed E-state index contributed by atoms with van der Waals surface area (Å²) in [6.07, 6.45) is 1.78. The third-order valence-electron chi connectivity index (χ3n) is 4.34. The average Bonchev–Trinajstić information content (AvgIpc) is 2.93. The van der Waals surface area contributed by atoms with Gasteiger partial charge in [-0.05, 0) is 37.0 Å². The quantitative estimate of drug-likeness (QED) is 0.803. The van der Waals surface area contributed by atoms with Gasteiger partial charge in [-0.3, -0.25) is 0 Å². The molecule has 1 aromatic heterocycles. The van der Waals surface area contributed by atoms with Crippen LogP contribution in [0, 0.1) is 11.7 Å². The molecule has 1 aliphatic rings. The molecule has 4 nitrogen and oxygen atoms in total. The fraction of sp³-hybridized carbons (Fsp3) is 0.471. The number of halogens is 3. The Labute approximate surface area is 144 Å². The molecular formula is C17H19F3N2O2S. The highest BCUT2D eigenvalue weighted by Crippen LogP contribution is 2.37. The van der Waals surface area contributed by atoms with Crippen molar-refractivity contribution >= 4 is 9.84 Å². The molecule has 0 N–H and O–H groups in total. The molecule has 1 atom stereocenters. The number of rotatable bonds is 5. The third-order valence-corrected chi connectivity index (χ3v) is 6.06. The van der Waals surface area contributed by atoms with Gasteiger partial charge in [0.1, 0.15) is 11.5 Å². The standard InChI is InChI=1S/C17H19F3N2O2S/c18-15-5-1-2-6-16(15)22-9-7-14(21-22)12-25(23,24)11-13-4-3-8-17(19,20)10-13/h1-2,5-7,9,13H,3-4,8,10-12H2. The lowest BCUT2D eigenvalue weighted by Crippen LogP contribution is -2.30. The van der Waals surface area contributed by atoms with Crippen LogP contribution in [0.15, 0.2) is 36.5 Å². The van der Waals surface area contributed by atoms with E-state index in [0.29, 0.717) is 12.8 Å². The highest BCUT2D eigenvalue weighted by Gasteiger charge is 2.37. The summed E-state index contributed by atoms with van der Waals surface area (Å²) in [6, 6.07) is 7.52. The maximum absolute atomic E-state index is 13.8. The van der Waals surface area contributed by atoms with Crippen molar-refractivity contribution in [2.75, 3.05) is 5.75 Å². The van der Waals surface area contributed by atoms with Crippen molar-refractivity contribution in [3.05, 3.63) is 48.0 Å². The van der Waals surface area contributed by atoms with E-state index < -0.39 is 27.5 Å². The minimum absolute atomic E-state index is 0.170. The van der Waals surface area contributed by atoms with E-state index in [4.69, 9.17) is 0 Å². The zero-order valence-electron chi connectivity index (χ0n) is 13.5. The predicted octanol–water partition coefficient (Wildman–Crippen LogP) is 3.75. The van der Waals surface area contributed by atoms with Gasteiger partial charge < -0.3 is 0 Å². The number of para-hydroxylation sites is 1. The number of alkyl halides is 2. The second kappa shape index (κ2) is 6.82. The first-order chi connectivity index (χ1) is 11.7. The summed E-state index contributed by atoms with van der Waals surface area (Å²) in [7, 11) is -3.57. The number of benzene rings is 1. The van der Waals surface area contributed by atoms with Crippen molar-refractivity contribution in [1.82, 2.24) is 9.78 Å². The van der Waals surface area contributed by atoms with Crippen molar-refractivity contribution < 1.29 is 21.6 Å². The van der Waals surface area contributed by atoms with Crippen LogP contribution in [-0.4, -0.2) is 29.9 Å². The molecule has 25 heavy (non-hydrogen) atoms. The van der Waals surface area contributed by atoms with Gasteiger partial charge in [-0.25, -0.2) is 26.3 Å². The van der Waals surface area contributed by atoms with Crippen molar-refractivity contribution in [2.45, 2.75) is 37.4 Å². The number of aromatic nitrogens is 2.